The first-order valence-corrected chi connectivity index (χ1v) is 28.7. The third kappa shape index (κ3) is 17.0. The van der Waals surface area contributed by atoms with Crippen molar-refractivity contribution in [2.45, 2.75) is 114 Å². The van der Waals surface area contributed by atoms with Crippen LogP contribution in [0.1, 0.15) is 61.1 Å². The van der Waals surface area contributed by atoms with Gasteiger partial charge in [0.1, 0.15) is 48.0 Å². The topological polar surface area (TPSA) is 405 Å². The molecule has 0 radical (unpaired) electrons. The lowest BCUT2D eigenvalue weighted by Crippen LogP contribution is -2.61. The number of likely N-dealkylation sites (tertiary alicyclic amines) is 1. The van der Waals surface area contributed by atoms with E-state index in [0.717, 1.165) is 16.5 Å². The molecule has 0 saturated carbocycles. The molecule has 15 N–H and O–H groups in total. The van der Waals surface area contributed by atoms with Gasteiger partial charge in [0.2, 0.25) is 47.3 Å². The third-order valence-corrected chi connectivity index (χ3v) is 15.3. The second kappa shape index (κ2) is 29.6. The van der Waals surface area contributed by atoms with E-state index in [9.17, 15) is 58.5 Å². The molecule has 8 amide bonds. The van der Waals surface area contributed by atoms with Crippen molar-refractivity contribution in [1.29, 1.82) is 0 Å². The van der Waals surface area contributed by atoms with Gasteiger partial charge in [0.25, 0.3) is 0 Å². The van der Waals surface area contributed by atoms with Gasteiger partial charge in [-0.1, -0.05) is 92.7 Å². The molecule has 0 spiro atoms. The molecule has 0 aliphatic carbocycles. The SMILES string of the molecule is CC(C)[C@H](NC(=O)[C@H](CC(=O)O)NC(=O)[C@H](Cc1ccccc1)NC(=O)[C@H](Cc1ccc(O)cc1)NC(=O)[C@H](Cc1c[nH]c2ccccc12)NC(=O)[C@H](Cc1cnc[nH]1)NC(=O)[C@@H]1CCCN1C(=O)CNC(=O)[C@@H](N)Cc1c[nH]c2ccccc12)C(=O)O. The van der Waals surface area contributed by atoms with Crippen LogP contribution in [0.15, 0.2) is 128 Å². The highest BCUT2D eigenvalue weighted by Gasteiger charge is 2.39. The number of carbonyl (C=O) groups excluding carboxylic acids is 8. The second-order valence-electron chi connectivity index (χ2n) is 22.0. The number of amides is 8. The highest BCUT2D eigenvalue weighted by Crippen LogP contribution is 2.23. The average molecular weight is 1210 g/mol. The van der Waals surface area contributed by atoms with E-state index >= 15 is 4.79 Å². The second-order valence-corrected chi connectivity index (χ2v) is 22.0. The Labute approximate surface area is 504 Å². The lowest BCUT2D eigenvalue weighted by atomic mass is 10.00. The molecule has 1 fully saturated rings. The number of aromatic hydroxyl groups is 1. The maximum absolute atomic E-state index is 15.1. The van der Waals surface area contributed by atoms with Crippen LogP contribution in [-0.4, -0.2) is 161 Å². The van der Waals surface area contributed by atoms with Crippen molar-refractivity contribution in [3.05, 3.63) is 156 Å². The normalized spacial score (nSPS) is 15.4. The predicted molar refractivity (Wildman–Crippen MR) is 320 cm³/mol. The number of aromatic amines is 3. The molecule has 1 saturated heterocycles. The fraction of sp³-hybridized carbons (Fsp3) is 0.339. The minimum absolute atomic E-state index is 0.107. The van der Waals surface area contributed by atoms with Crippen LogP contribution >= 0.6 is 0 Å². The Bertz CT molecular complexity index is 3630. The number of H-pyrrole nitrogens is 3. The summed E-state index contributed by atoms with van der Waals surface area (Å²) in [4.78, 5) is 153. The Morgan fingerprint density at radius 3 is 1.65 bits per heavy atom. The summed E-state index contributed by atoms with van der Waals surface area (Å²) in [5.74, 6) is -10.3. The number of carboxylic acid groups (broad SMARTS) is 2. The molecule has 88 heavy (non-hydrogen) atoms. The third-order valence-electron chi connectivity index (χ3n) is 15.3. The number of nitrogens with two attached hydrogens (primary N) is 1. The number of phenols is 1. The van der Waals surface area contributed by atoms with E-state index < -0.39 is 126 Å². The van der Waals surface area contributed by atoms with Crippen molar-refractivity contribution >= 4 is 81.0 Å². The summed E-state index contributed by atoms with van der Waals surface area (Å²) in [6, 6.07) is 17.5. The Morgan fingerprint density at radius 2 is 1.10 bits per heavy atom. The van der Waals surface area contributed by atoms with Crippen molar-refractivity contribution in [1.82, 2.24) is 62.1 Å². The van der Waals surface area contributed by atoms with E-state index in [-0.39, 0.29) is 50.8 Å². The van der Waals surface area contributed by atoms with E-state index in [1.54, 1.807) is 60.9 Å². The predicted octanol–water partition coefficient (Wildman–Crippen LogP) is 1.15. The zero-order valence-corrected chi connectivity index (χ0v) is 48.3. The van der Waals surface area contributed by atoms with Crippen LogP contribution in [0, 0.1) is 5.92 Å². The number of hydrogen-bond donors (Lipinski definition) is 14. The minimum Gasteiger partial charge on any atom is -0.508 e. The Kier molecular flexibility index (Phi) is 21.4. The molecule has 462 valence electrons. The number of hydrogen-bond acceptors (Lipinski definition) is 13. The summed E-state index contributed by atoms with van der Waals surface area (Å²) >= 11 is 0. The summed E-state index contributed by atoms with van der Waals surface area (Å²) in [7, 11) is 0. The van der Waals surface area contributed by atoms with Crippen LogP contribution in [0.25, 0.3) is 21.8 Å². The van der Waals surface area contributed by atoms with Gasteiger partial charge in [-0.25, -0.2) is 9.78 Å². The number of para-hydroxylation sites is 2. The van der Waals surface area contributed by atoms with Crippen LogP contribution in [0.2, 0.25) is 0 Å². The summed E-state index contributed by atoms with van der Waals surface area (Å²) in [5.41, 5.74) is 10.6. The number of rotatable bonds is 29. The molecule has 1 aliphatic rings. The summed E-state index contributed by atoms with van der Waals surface area (Å²) in [6.45, 7) is 2.76. The zero-order valence-electron chi connectivity index (χ0n) is 48.3. The number of imidazole rings is 1. The molecule has 3 aromatic heterocycles. The maximum atomic E-state index is 15.1. The molecule has 1 aliphatic heterocycles. The van der Waals surface area contributed by atoms with E-state index in [2.05, 4.69) is 57.2 Å². The number of phenolic OH excluding ortho intramolecular Hbond substituents is 1. The highest BCUT2D eigenvalue weighted by molar-refractivity contribution is 5.99. The lowest BCUT2D eigenvalue weighted by molar-refractivity contribution is -0.144. The van der Waals surface area contributed by atoms with Crippen LogP contribution in [0.3, 0.4) is 0 Å². The van der Waals surface area contributed by atoms with Crippen LogP contribution in [0.4, 0.5) is 0 Å². The fourth-order valence-corrected chi connectivity index (χ4v) is 10.6. The van der Waals surface area contributed by atoms with Crippen molar-refractivity contribution < 1.29 is 63.3 Å². The number of aromatic nitrogens is 4. The van der Waals surface area contributed by atoms with Gasteiger partial charge in [0, 0.05) is 78.3 Å². The first-order chi connectivity index (χ1) is 42.2. The van der Waals surface area contributed by atoms with Crippen LogP contribution < -0.4 is 43.0 Å². The summed E-state index contributed by atoms with van der Waals surface area (Å²) < 4.78 is 0. The number of carbonyl (C=O) groups is 10. The van der Waals surface area contributed by atoms with Crippen LogP contribution in [-0.2, 0) is 80.0 Å². The van der Waals surface area contributed by atoms with Crippen molar-refractivity contribution in [2.75, 3.05) is 13.1 Å². The number of benzene rings is 4. The molecule has 26 nitrogen and oxygen atoms in total. The van der Waals surface area contributed by atoms with Gasteiger partial charge in [0.05, 0.1) is 25.3 Å². The maximum Gasteiger partial charge on any atom is 0.326 e. The molecule has 4 heterocycles. The van der Waals surface area contributed by atoms with E-state index in [4.69, 9.17) is 5.73 Å². The van der Waals surface area contributed by atoms with E-state index in [0.29, 0.717) is 39.7 Å². The Hall–Kier alpha value is -10.4. The highest BCUT2D eigenvalue weighted by atomic mass is 16.4. The number of aliphatic carboxylic acids is 2. The van der Waals surface area contributed by atoms with Gasteiger partial charge < -0.3 is 78.1 Å². The number of nitrogens with zero attached hydrogens (tertiary/aromatic N) is 2. The van der Waals surface area contributed by atoms with Gasteiger partial charge >= 0.3 is 11.9 Å². The molecule has 0 bridgehead atoms. The van der Waals surface area contributed by atoms with E-state index in [1.165, 1.54) is 55.5 Å². The molecule has 4 aromatic carbocycles. The van der Waals surface area contributed by atoms with Gasteiger partial charge in [-0.05, 0) is 71.7 Å². The summed E-state index contributed by atoms with van der Waals surface area (Å²) in [5, 5.41) is 49.6. The van der Waals surface area contributed by atoms with Gasteiger partial charge in [-0.15, -0.1) is 0 Å². The smallest absolute Gasteiger partial charge is 0.326 e. The molecule has 26 heteroatoms. The van der Waals surface area contributed by atoms with Gasteiger partial charge in [0.15, 0.2) is 0 Å². The number of carboxylic acids is 2. The average Bonchev–Trinajstić information content (AvgIpc) is 4.50. The standard InChI is InChI=1S/C62H71N13O13/c1-34(2)54(62(87)88)74-60(85)50(28-53(78)79)72-57(82)46(23-35-11-4-3-5-12-35)69-56(81)47(24-36-18-20-40(76)21-19-36)70-58(83)48(26-38-30-66-45-16-9-7-14-42(38)45)71-59(84)49(27-39-31-64-33-68-39)73-61(86)51-17-10-22-75(51)52(77)32-67-55(80)43(63)25-37-29-65-44-15-8-6-13-41(37)44/h3-9,11-16,18-21,29-31,33-34,43,46-51,54,65-66,76H,10,17,22-28,32,63H2,1-2H3,(H,64,68)(H,67,80)(H,69,81)(H,70,83)(H,71,84)(H,72,82)(H,73,86)(H,74,85)(H,78,79)(H,87,88)/t43-,46-,47-,48-,49-,50-,51-,54-/m0/s1. The fourth-order valence-electron chi connectivity index (χ4n) is 10.6. The minimum atomic E-state index is -1.81. The Morgan fingerprint density at radius 1 is 0.591 bits per heavy atom. The quantitative estimate of drug-likeness (QED) is 0.0313. The number of nitrogens with one attached hydrogen (secondary N) is 10. The van der Waals surface area contributed by atoms with Crippen molar-refractivity contribution in [3.8, 4) is 5.75 Å². The summed E-state index contributed by atoms with van der Waals surface area (Å²) in [6.07, 6.45) is 5.27. The molecule has 7 aromatic rings. The van der Waals surface area contributed by atoms with Crippen LogP contribution in [0.5, 0.6) is 5.75 Å². The first-order valence-electron chi connectivity index (χ1n) is 28.7. The van der Waals surface area contributed by atoms with Gasteiger partial charge in [-0.2, -0.15) is 0 Å². The molecule has 8 rings (SSSR count). The largest absolute Gasteiger partial charge is 0.508 e. The van der Waals surface area contributed by atoms with Crippen molar-refractivity contribution in [3.63, 3.8) is 0 Å². The monoisotopic (exact) mass is 1210 g/mol. The zero-order chi connectivity index (χ0) is 63.0. The molecular weight excluding hydrogens is 1130 g/mol. The van der Waals surface area contributed by atoms with Crippen molar-refractivity contribution in [2.24, 2.45) is 11.7 Å². The molecular formula is C62H71N13O13. The van der Waals surface area contributed by atoms with Gasteiger partial charge in [-0.3, -0.25) is 43.2 Å². The lowest BCUT2D eigenvalue weighted by Gasteiger charge is -2.28. The Balaban J connectivity index is 1.03. The molecule has 0 unspecified atom stereocenters. The number of fused-ring (bicyclic) bond motifs is 2. The molecule has 8 atom stereocenters. The van der Waals surface area contributed by atoms with E-state index in [1.807, 2.05) is 30.3 Å². The first kappa shape index (κ1) is 63.6.